The standard InChI is InChI=1S/C21H23F3N2O2/c1-13-9-14(2)20(15(3)10-13)18(27)5-4-6-19(28)26-11-16-7-8-25-12-17(16)21(22,23)24/h7-10,12H,4-6,11H2,1-3H3,(H,26,28). The molecule has 0 aliphatic carbocycles. The fourth-order valence-corrected chi connectivity index (χ4v) is 3.27. The van der Waals surface area contributed by atoms with Crippen molar-refractivity contribution in [2.24, 2.45) is 0 Å². The topological polar surface area (TPSA) is 59.1 Å². The van der Waals surface area contributed by atoms with Gasteiger partial charge < -0.3 is 5.32 Å². The fourth-order valence-electron chi connectivity index (χ4n) is 3.27. The second kappa shape index (κ2) is 8.99. The lowest BCUT2D eigenvalue weighted by atomic mass is 9.94. The summed E-state index contributed by atoms with van der Waals surface area (Å²) in [4.78, 5) is 27.9. The number of aryl methyl sites for hydroxylation is 3. The zero-order valence-corrected chi connectivity index (χ0v) is 16.1. The van der Waals surface area contributed by atoms with Crippen LogP contribution in [0.3, 0.4) is 0 Å². The summed E-state index contributed by atoms with van der Waals surface area (Å²) in [7, 11) is 0. The van der Waals surface area contributed by atoms with Gasteiger partial charge in [0.05, 0.1) is 5.56 Å². The molecule has 0 spiro atoms. The summed E-state index contributed by atoms with van der Waals surface area (Å²) < 4.78 is 38.8. The number of nitrogens with one attached hydrogen (secondary N) is 1. The maximum atomic E-state index is 12.9. The second-order valence-electron chi connectivity index (χ2n) is 6.86. The molecule has 2 aromatic rings. The molecule has 1 heterocycles. The summed E-state index contributed by atoms with van der Waals surface area (Å²) in [5.74, 6) is -0.425. The van der Waals surface area contributed by atoms with E-state index in [0.29, 0.717) is 12.0 Å². The molecule has 28 heavy (non-hydrogen) atoms. The van der Waals surface area contributed by atoms with Crippen molar-refractivity contribution in [3.63, 3.8) is 0 Å². The minimum atomic E-state index is -4.52. The van der Waals surface area contributed by atoms with Gasteiger partial charge >= 0.3 is 6.18 Å². The summed E-state index contributed by atoms with van der Waals surface area (Å²) >= 11 is 0. The molecule has 0 aliphatic rings. The Kier molecular flexibility index (Phi) is 6.94. The maximum Gasteiger partial charge on any atom is 0.418 e. The van der Waals surface area contributed by atoms with Crippen LogP contribution in [0.1, 0.15) is 57.4 Å². The molecule has 1 aromatic heterocycles. The second-order valence-corrected chi connectivity index (χ2v) is 6.86. The molecule has 0 radical (unpaired) electrons. The molecular weight excluding hydrogens is 369 g/mol. The number of halogens is 3. The maximum absolute atomic E-state index is 12.9. The highest BCUT2D eigenvalue weighted by Crippen LogP contribution is 2.31. The fraction of sp³-hybridized carbons (Fsp3) is 0.381. The minimum absolute atomic E-state index is 0.0312. The third kappa shape index (κ3) is 5.65. The van der Waals surface area contributed by atoms with Crippen LogP contribution in [-0.2, 0) is 17.5 Å². The van der Waals surface area contributed by atoms with Crippen molar-refractivity contribution in [2.45, 2.75) is 52.8 Å². The predicted octanol–water partition coefficient (Wildman–Crippen LogP) is 4.70. The number of rotatable bonds is 7. The number of hydrogen-bond acceptors (Lipinski definition) is 3. The summed E-state index contributed by atoms with van der Waals surface area (Å²) in [5.41, 5.74) is 2.67. The van der Waals surface area contributed by atoms with E-state index in [-0.39, 0.29) is 30.7 Å². The highest BCUT2D eigenvalue weighted by Gasteiger charge is 2.33. The van der Waals surface area contributed by atoms with Gasteiger partial charge in [-0.3, -0.25) is 14.6 Å². The number of benzene rings is 1. The number of aromatic nitrogens is 1. The van der Waals surface area contributed by atoms with Crippen molar-refractivity contribution in [1.82, 2.24) is 10.3 Å². The van der Waals surface area contributed by atoms with E-state index in [9.17, 15) is 22.8 Å². The molecule has 0 saturated carbocycles. The van der Waals surface area contributed by atoms with E-state index >= 15 is 0 Å². The quantitative estimate of drug-likeness (QED) is 0.695. The minimum Gasteiger partial charge on any atom is -0.352 e. The van der Waals surface area contributed by atoms with E-state index in [1.165, 1.54) is 12.3 Å². The normalized spacial score (nSPS) is 11.4. The summed E-state index contributed by atoms with van der Waals surface area (Å²) in [6, 6.07) is 5.12. The molecule has 2 rings (SSSR count). The van der Waals surface area contributed by atoms with Crippen LogP contribution in [0.5, 0.6) is 0 Å². The number of carbonyl (C=O) groups excluding carboxylic acids is 2. The van der Waals surface area contributed by atoms with Gasteiger partial charge in [-0.25, -0.2) is 0 Å². The molecule has 1 amide bonds. The third-order valence-electron chi connectivity index (χ3n) is 4.46. The molecule has 0 bridgehead atoms. The van der Waals surface area contributed by atoms with Crippen molar-refractivity contribution < 1.29 is 22.8 Å². The van der Waals surface area contributed by atoms with Gasteiger partial charge in [-0.1, -0.05) is 17.7 Å². The molecule has 150 valence electrons. The number of amides is 1. The van der Waals surface area contributed by atoms with Crippen molar-refractivity contribution >= 4 is 11.7 Å². The molecule has 7 heteroatoms. The Bertz CT molecular complexity index is 853. The van der Waals surface area contributed by atoms with E-state index in [1.807, 2.05) is 32.9 Å². The van der Waals surface area contributed by atoms with Gasteiger partial charge in [-0.15, -0.1) is 0 Å². The Morgan fingerprint density at radius 2 is 1.71 bits per heavy atom. The van der Waals surface area contributed by atoms with Gasteiger partial charge in [-0.2, -0.15) is 13.2 Å². The first-order valence-corrected chi connectivity index (χ1v) is 8.97. The van der Waals surface area contributed by atoms with E-state index in [2.05, 4.69) is 10.3 Å². The smallest absolute Gasteiger partial charge is 0.352 e. The van der Waals surface area contributed by atoms with Gasteiger partial charge in [0.15, 0.2) is 5.78 Å². The number of Topliss-reactive ketones (excluding diaryl/α,β-unsaturated/α-hetero) is 1. The van der Waals surface area contributed by atoms with Gasteiger partial charge in [0, 0.05) is 37.3 Å². The van der Waals surface area contributed by atoms with Crippen LogP contribution in [-0.4, -0.2) is 16.7 Å². The molecule has 0 unspecified atom stereocenters. The highest BCUT2D eigenvalue weighted by atomic mass is 19.4. The molecule has 1 aromatic carbocycles. The van der Waals surface area contributed by atoms with Crippen molar-refractivity contribution in [3.8, 4) is 0 Å². The third-order valence-corrected chi connectivity index (χ3v) is 4.46. The van der Waals surface area contributed by atoms with Gasteiger partial charge in [0.2, 0.25) is 5.91 Å². The summed E-state index contributed by atoms with van der Waals surface area (Å²) in [6.45, 7) is 5.49. The van der Waals surface area contributed by atoms with E-state index in [0.717, 1.165) is 22.9 Å². The molecule has 1 N–H and O–H groups in total. The Morgan fingerprint density at radius 1 is 1.07 bits per heavy atom. The Labute approximate surface area is 162 Å². The van der Waals surface area contributed by atoms with Gasteiger partial charge in [0.25, 0.3) is 0 Å². The van der Waals surface area contributed by atoms with E-state index in [4.69, 9.17) is 0 Å². The largest absolute Gasteiger partial charge is 0.418 e. The van der Waals surface area contributed by atoms with Crippen LogP contribution in [0.4, 0.5) is 13.2 Å². The molecule has 0 saturated heterocycles. The van der Waals surface area contributed by atoms with Crippen LogP contribution >= 0.6 is 0 Å². The van der Waals surface area contributed by atoms with E-state index in [1.54, 1.807) is 0 Å². The summed E-state index contributed by atoms with van der Waals surface area (Å²) in [6.07, 6.45) is -1.91. The van der Waals surface area contributed by atoms with Crippen LogP contribution in [0.25, 0.3) is 0 Å². The Morgan fingerprint density at radius 3 is 2.32 bits per heavy atom. The average molecular weight is 392 g/mol. The molecule has 0 atom stereocenters. The number of alkyl halides is 3. The first kappa shape index (κ1) is 21.6. The molecular formula is C21H23F3N2O2. The SMILES string of the molecule is Cc1cc(C)c(C(=O)CCCC(=O)NCc2ccncc2C(F)(F)F)c(C)c1. The van der Waals surface area contributed by atoms with Gasteiger partial charge in [0.1, 0.15) is 0 Å². The molecule has 0 aliphatic heterocycles. The van der Waals surface area contributed by atoms with Crippen molar-refractivity contribution in [1.29, 1.82) is 0 Å². The Balaban J connectivity index is 1.87. The summed E-state index contributed by atoms with van der Waals surface area (Å²) in [5, 5.41) is 2.48. The zero-order chi connectivity index (χ0) is 20.9. The monoisotopic (exact) mass is 392 g/mol. The predicted molar refractivity (Wildman–Crippen MR) is 99.9 cm³/mol. The number of nitrogens with zero attached hydrogens (tertiary/aromatic N) is 1. The zero-order valence-electron chi connectivity index (χ0n) is 16.1. The number of pyridine rings is 1. The van der Waals surface area contributed by atoms with Crippen LogP contribution in [0.15, 0.2) is 30.6 Å². The average Bonchev–Trinajstić information content (AvgIpc) is 2.58. The molecule has 0 fully saturated rings. The first-order valence-electron chi connectivity index (χ1n) is 8.97. The lowest BCUT2D eigenvalue weighted by Gasteiger charge is -2.13. The van der Waals surface area contributed by atoms with Crippen LogP contribution in [0, 0.1) is 20.8 Å². The van der Waals surface area contributed by atoms with Crippen LogP contribution < -0.4 is 5.32 Å². The number of carbonyl (C=O) groups is 2. The van der Waals surface area contributed by atoms with Crippen molar-refractivity contribution in [3.05, 3.63) is 64.0 Å². The van der Waals surface area contributed by atoms with Crippen molar-refractivity contribution in [2.75, 3.05) is 0 Å². The number of hydrogen-bond donors (Lipinski definition) is 1. The first-order chi connectivity index (χ1) is 13.1. The van der Waals surface area contributed by atoms with E-state index < -0.39 is 17.6 Å². The molecule has 4 nitrogen and oxygen atoms in total. The number of ketones is 1. The lowest BCUT2D eigenvalue weighted by Crippen LogP contribution is -2.24. The lowest BCUT2D eigenvalue weighted by molar-refractivity contribution is -0.138. The highest BCUT2D eigenvalue weighted by molar-refractivity contribution is 5.99. The van der Waals surface area contributed by atoms with Gasteiger partial charge in [-0.05, 0) is 49.9 Å². The van der Waals surface area contributed by atoms with Crippen LogP contribution in [0.2, 0.25) is 0 Å². The Hall–Kier alpha value is -2.70.